The Kier molecular flexibility index (Phi) is 7.00. The highest BCUT2D eigenvalue weighted by Crippen LogP contribution is 2.39. The van der Waals surface area contributed by atoms with E-state index in [1.807, 2.05) is 12.1 Å². The summed E-state index contributed by atoms with van der Waals surface area (Å²) in [5, 5.41) is -0.274. The first-order valence-corrected chi connectivity index (χ1v) is 9.87. The van der Waals surface area contributed by atoms with Gasteiger partial charge in [0.05, 0.1) is 10.7 Å². The van der Waals surface area contributed by atoms with Gasteiger partial charge in [-0.2, -0.15) is 8.78 Å². The fraction of sp³-hybridized carbons (Fsp3) is 0.409. The van der Waals surface area contributed by atoms with Crippen molar-refractivity contribution in [1.82, 2.24) is 4.98 Å². The van der Waals surface area contributed by atoms with Gasteiger partial charge in [-0.05, 0) is 74.1 Å². The van der Waals surface area contributed by atoms with Crippen LogP contribution in [0.4, 0.5) is 13.2 Å². The van der Waals surface area contributed by atoms with Gasteiger partial charge in [0, 0.05) is 11.8 Å². The van der Waals surface area contributed by atoms with Crippen LogP contribution in [0.15, 0.2) is 43.1 Å². The molecule has 1 aromatic heterocycles. The molecule has 3 rings (SSSR count). The number of benzene rings is 1. The van der Waals surface area contributed by atoms with Crippen molar-refractivity contribution in [3.63, 3.8) is 0 Å². The molecule has 0 radical (unpaired) electrons. The minimum absolute atomic E-state index is 0.155. The predicted octanol–water partition coefficient (Wildman–Crippen LogP) is 7.38. The quantitative estimate of drug-likeness (QED) is 0.445. The molecule has 1 saturated carbocycles. The van der Waals surface area contributed by atoms with Crippen molar-refractivity contribution >= 4 is 11.6 Å². The van der Waals surface area contributed by atoms with E-state index in [-0.39, 0.29) is 10.6 Å². The summed E-state index contributed by atoms with van der Waals surface area (Å²) in [7, 11) is 0. The molecule has 28 heavy (non-hydrogen) atoms. The molecule has 0 aliphatic heterocycles. The van der Waals surface area contributed by atoms with Crippen molar-refractivity contribution in [2.75, 3.05) is 0 Å². The Labute approximate surface area is 168 Å². The summed E-state index contributed by atoms with van der Waals surface area (Å²) in [5.74, 6) is -0.387. The molecular weight excluding hydrogens is 387 g/mol. The zero-order valence-corrected chi connectivity index (χ0v) is 16.3. The number of allylic oxidation sites excluding steroid dienone is 1. The van der Waals surface area contributed by atoms with Gasteiger partial charge >= 0.3 is 6.61 Å². The Bertz CT molecular complexity index is 802. The number of halogens is 4. The zero-order chi connectivity index (χ0) is 20.1. The number of hydrogen-bond acceptors (Lipinski definition) is 2. The van der Waals surface area contributed by atoms with Gasteiger partial charge in [-0.1, -0.05) is 23.7 Å². The third kappa shape index (κ3) is 4.88. The van der Waals surface area contributed by atoms with Crippen molar-refractivity contribution in [2.24, 2.45) is 5.92 Å². The highest BCUT2D eigenvalue weighted by atomic mass is 35.5. The molecular formula is C22H23ClF3NO. The second-order valence-electron chi connectivity index (χ2n) is 7.18. The minimum atomic E-state index is -3.15. The standard InChI is InChI=1S/C22H23ClF3NO/c1-2-3-4-14-5-7-15(8-6-14)16-9-12-19(27-13-16)17-10-11-18(23)20(24)21(17)28-22(25)26/h2,9-15,22H,1,3-8H2. The Morgan fingerprint density at radius 3 is 2.54 bits per heavy atom. The summed E-state index contributed by atoms with van der Waals surface area (Å²) < 4.78 is 43.9. The zero-order valence-electron chi connectivity index (χ0n) is 15.5. The maximum absolute atomic E-state index is 14.2. The van der Waals surface area contributed by atoms with Crippen LogP contribution in [0.2, 0.25) is 5.02 Å². The largest absolute Gasteiger partial charge is 0.431 e. The van der Waals surface area contributed by atoms with E-state index >= 15 is 0 Å². The molecule has 1 aliphatic rings. The number of aromatic nitrogens is 1. The normalized spacial score (nSPS) is 19.6. The Morgan fingerprint density at radius 1 is 1.18 bits per heavy atom. The Balaban J connectivity index is 1.75. The average Bonchev–Trinajstić information content (AvgIpc) is 2.70. The molecule has 0 spiro atoms. The highest BCUT2D eigenvalue weighted by Gasteiger charge is 2.23. The van der Waals surface area contributed by atoms with E-state index in [1.165, 1.54) is 31.4 Å². The van der Waals surface area contributed by atoms with Crippen LogP contribution in [0.1, 0.15) is 50.0 Å². The van der Waals surface area contributed by atoms with Crippen LogP contribution < -0.4 is 4.74 Å². The van der Waals surface area contributed by atoms with Gasteiger partial charge < -0.3 is 4.74 Å². The third-order valence-electron chi connectivity index (χ3n) is 5.42. The van der Waals surface area contributed by atoms with Crippen molar-refractivity contribution in [3.8, 4) is 17.0 Å². The number of nitrogens with zero attached hydrogens (tertiary/aromatic N) is 1. The molecule has 0 unspecified atom stereocenters. The molecule has 2 nitrogen and oxygen atoms in total. The van der Waals surface area contributed by atoms with Crippen LogP contribution >= 0.6 is 11.6 Å². The molecule has 0 N–H and O–H groups in total. The Hall–Kier alpha value is -2.01. The van der Waals surface area contributed by atoms with Crippen molar-refractivity contribution < 1.29 is 17.9 Å². The molecule has 0 amide bonds. The predicted molar refractivity (Wildman–Crippen MR) is 105 cm³/mol. The molecule has 0 bridgehead atoms. The number of pyridine rings is 1. The van der Waals surface area contributed by atoms with Gasteiger partial charge in [-0.3, -0.25) is 4.98 Å². The fourth-order valence-electron chi connectivity index (χ4n) is 3.88. The smallest absolute Gasteiger partial charge is 0.387 e. The van der Waals surface area contributed by atoms with Crippen LogP contribution in [0.25, 0.3) is 11.3 Å². The number of hydrogen-bond donors (Lipinski definition) is 0. The topological polar surface area (TPSA) is 22.1 Å². The molecule has 6 heteroatoms. The van der Waals surface area contributed by atoms with Gasteiger partial charge in [0.15, 0.2) is 11.6 Å². The van der Waals surface area contributed by atoms with Crippen LogP contribution in [-0.4, -0.2) is 11.6 Å². The maximum Gasteiger partial charge on any atom is 0.387 e. The second-order valence-corrected chi connectivity index (χ2v) is 7.58. The molecule has 0 saturated heterocycles. The lowest BCUT2D eigenvalue weighted by molar-refractivity contribution is -0.0517. The summed E-state index contributed by atoms with van der Waals surface area (Å²) in [6, 6.07) is 6.41. The molecule has 1 aromatic carbocycles. The van der Waals surface area contributed by atoms with E-state index in [9.17, 15) is 13.2 Å². The minimum Gasteiger partial charge on any atom is -0.431 e. The highest BCUT2D eigenvalue weighted by molar-refractivity contribution is 6.31. The van der Waals surface area contributed by atoms with Gasteiger partial charge in [0.1, 0.15) is 0 Å². The number of rotatable bonds is 7. The van der Waals surface area contributed by atoms with Gasteiger partial charge in [0.2, 0.25) is 0 Å². The first-order chi connectivity index (χ1) is 13.5. The summed E-state index contributed by atoms with van der Waals surface area (Å²) in [6.45, 7) is 0.633. The van der Waals surface area contributed by atoms with Gasteiger partial charge in [-0.15, -0.1) is 6.58 Å². The lowest BCUT2D eigenvalue weighted by atomic mass is 9.77. The summed E-state index contributed by atoms with van der Waals surface area (Å²) in [6.07, 6.45) is 10.6. The third-order valence-corrected chi connectivity index (χ3v) is 5.71. The van der Waals surface area contributed by atoms with E-state index in [1.54, 1.807) is 12.3 Å². The van der Waals surface area contributed by atoms with Crippen molar-refractivity contribution in [1.29, 1.82) is 0 Å². The SMILES string of the molecule is C=CCCC1CCC(c2ccc(-c3ccc(Cl)c(F)c3OC(F)F)nc2)CC1. The molecule has 1 fully saturated rings. The van der Waals surface area contributed by atoms with Crippen LogP contribution in [0.5, 0.6) is 5.75 Å². The van der Waals surface area contributed by atoms with Crippen molar-refractivity contribution in [2.45, 2.75) is 51.1 Å². The van der Waals surface area contributed by atoms with Crippen molar-refractivity contribution in [3.05, 3.63) is 59.5 Å². The second kappa shape index (κ2) is 9.46. The summed E-state index contributed by atoms with van der Waals surface area (Å²) in [5.41, 5.74) is 1.65. The lowest BCUT2D eigenvalue weighted by Crippen LogP contribution is -2.13. The molecule has 0 atom stereocenters. The molecule has 1 aliphatic carbocycles. The Morgan fingerprint density at radius 2 is 1.93 bits per heavy atom. The van der Waals surface area contributed by atoms with E-state index in [0.29, 0.717) is 11.6 Å². The van der Waals surface area contributed by atoms with E-state index < -0.39 is 18.2 Å². The van der Waals surface area contributed by atoms with Gasteiger partial charge in [-0.25, -0.2) is 4.39 Å². The van der Waals surface area contributed by atoms with E-state index in [2.05, 4.69) is 16.3 Å². The molecule has 2 aromatic rings. The van der Waals surface area contributed by atoms with Gasteiger partial charge in [0.25, 0.3) is 0 Å². The van der Waals surface area contributed by atoms with Crippen LogP contribution in [-0.2, 0) is 0 Å². The average molecular weight is 410 g/mol. The van der Waals surface area contributed by atoms with Crippen LogP contribution in [0, 0.1) is 11.7 Å². The summed E-state index contributed by atoms with van der Waals surface area (Å²) in [4.78, 5) is 4.38. The summed E-state index contributed by atoms with van der Waals surface area (Å²) >= 11 is 5.70. The maximum atomic E-state index is 14.2. The van der Waals surface area contributed by atoms with E-state index in [0.717, 1.165) is 30.7 Å². The monoisotopic (exact) mass is 409 g/mol. The first-order valence-electron chi connectivity index (χ1n) is 9.49. The van der Waals surface area contributed by atoms with Crippen LogP contribution in [0.3, 0.4) is 0 Å². The van der Waals surface area contributed by atoms with E-state index in [4.69, 9.17) is 11.6 Å². The number of ether oxygens (including phenoxy) is 1. The molecule has 1 heterocycles. The first kappa shape index (κ1) is 20.7. The fourth-order valence-corrected chi connectivity index (χ4v) is 4.03. The molecule has 150 valence electrons. The lowest BCUT2D eigenvalue weighted by Gasteiger charge is -2.28. The number of alkyl halides is 2.